The molecule has 2 aromatic rings. The number of amides is 1. The highest BCUT2D eigenvalue weighted by molar-refractivity contribution is 6.30. The minimum atomic E-state index is -0.267. The van der Waals surface area contributed by atoms with E-state index in [1.165, 1.54) is 0 Å². The third kappa shape index (κ3) is 3.00. The highest BCUT2D eigenvalue weighted by Gasteiger charge is 2.30. The van der Waals surface area contributed by atoms with E-state index in [0.29, 0.717) is 17.5 Å². The molecule has 1 aromatic carbocycles. The van der Waals surface area contributed by atoms with Crippen molar-refractivity contribution in [2.24, 2.45) is 5.73 Å². The molecule has 5 nitrogen and oxygen atoms in total. The van der Waals surface area contributed by atoms with Gasteiger partial charge in [0, 0.05) is 17.1 Å². The van der Waals surface area contributed by atoms with Gasteiger partial charge in [-0.1, -0.05) is 11.6 Å². The van der Waals surface area contributed by atoms with Gasteiger partial charge in [-0.2, -0.15) is 0 Å². The normalized spacial score (nSPS) is 18.7. The number of halogens is 1. The lowest BCUT2D eigenvalue weighted by Gasteiger charge is -2.20. The molecule has 1 aliphatic rings. The Morgan fingerprint density at radius 1 is 1.45 bits per heavy atom. The van der Waals surface area contributed by atoms with Crippen LogP contribution in [0.4, 0.5) is 0 Å². The number of oxazole rings is 1. The van der Waals surface area contributed by atoms with Crippen molar-refractivity contribution in [3.63, 3.8) is 0 Å². The fraction of sp³-hybridized carbons (Fsp3) is 0.375. The second kappa shape index (κ2) is 6.10. The number of likely N-dealkylation sites (tertiary alicyclic amines) is 1. The number of hydrogen-bond acceptors (Lipinski definition) is 4. The molecule has 0 radical (unpaired) electrons. The van der Waals surface area contributed by atoms with Gasteiger partial charge < -0.3 is 10.2 Å². The van der Waals surface area contributed by atoms with Gasteiger partial charge >= 0.3 is 0 Å². The third-order valence-corrected chi connectivity index (χ3v) is 4.28. The first-order valence-corrected chi connectivity index (χ1v) is 7.68. The molecule has 1 fully saturated rings. The molecule has 0 saturated carbocycles. The molecule has 0 spiro atoms. The highest BCUT2D eigenvalue weighted by Crippen LogP contribution is 2.26. The molecule has 0 bridgehead atoms. The first kappa shape index (κ1) is 15.1. The zero-order valence-electron chi connectivity index (χ0n) is 12.4. The van der Waals surface area contributed by atoms with Gasteiger partial charge in [-0.05, 0) is 50.6 Å². The Hall–Kier alpha value is -1.85. The van der Waals surface area contributed by atoms with Crippen LogP contribution in [0.3, 0.4) is 0 Å². The fourth-order valence-electron chi connectivity index (χ4n) is 2.82. The second-order valence-electron chi connectivity index (χ2n) is 5.56. The van der Waals surface area contributed by atoms with Crippen LogP contribution in [0.2, 0.25) is 5.02 Å². The van der Waals surface area contributed by atoms with Gasteiger partial charge in [0.1, 0.15) is 5.76 Å². The maximum absolute atomic E-state index is 11.5. The number of carbonyl (C=O) groups is 1. The number of hydrogen-bond donors (Lipinski definition) is 1. The van der Waals surface area contributed by atoms with Gasteiger partial charge in [-0.3, -0.25) is 9.69 Å². The van der Waals surface area contributed by atoms with E-state index >= 15 is 0 Å². The Bertz CT molecular complexity index is 681. The van der Waals surface area contributed by atoms with Crippen LogP contribution in [-0.4, -0.2) is 28.4 Å². The van der Waals surface area contributed by atoms with Crippen LogP contribution in [0.25, 0.3) is 11.5 Å². The molecule has 0 unspecified atom stereocenters. The van der Waals surface area contributed by atoms with Crippen LogP contribution in [0, 0.1) is 6.92 Å². The maximum Gasteiger partial charge on any atom is 0.234 e. The van der Waals surface area contributed by atoms with E-state index in [-0.39, 0.29) is 11.9 Å². The minimum absolute atomic E-state index is 0.199. The molecule has 1 atom stereocenters. The SMILES string of the molecule is Cc1oc(-c2ccc(Cl)cc2)nc1CN1CCC[C@H]1C(N)=O. The number of aromatic nitrogens is 1. The largest absolute Gasteiger partial charge is 0.441 e. The average Bonchev–Trinajstić information content (AvgIpc) is 3.08. The number of nitrogens with two attached hydrogens (primary N) is 1. The predicted octanol–water partition coefficient (Wildman–Crippen LogP) is 2.75. The highest BCUT2D eigenvalue weighted by atomic mass is 35.5. The van der Waals surface area contributed by atoms with E-state index in [1.807, 2.05) is 19.1 Å². The lowest BCUT2D eigenvalue weighted by Crippen LogP contribution is -2.39. The first-order valence-electron chi connectivity index (χ1n) is 7.30. The molecule has 116 valence electrons. The zero-order chi connectivity index (χ0) is 15.7. The van der Waals surface area contributed by atoms with Crippen LogP contribution in [0.1, 0.15) is 24.3 Å². The smallest absolute Gasteiger partial charge is 0.234 e. The quantitative estimate of drug-likeness (QED) is 0.940. The third-order valence-electron chi connectivity index (χ3n) is 4.03. The Morgan fingerprint density at radius 2 is 2.18 bits per heavy atom. The number of benzene rings is 1. The van der Waals surface area contributed by atoms with Gasteiger partial charge in [-0.25, -0.2) is 4.98 Å². The number of carbonyl (C=O) groups excluding carboxylic acids is 1. The van der Waals surface area contributed by atoms with E-state index in [2.05, 4.69) is 9.88 Å². The maximum atomic E-state index is 11.5. The van der Waals surface area contributed by atoms with E-state index < -0.39 is 0 Å². The van der Waals surface area contributed by atoms with Gasteiger partial charge in [-0.15, -0.1) is 0 Å². The molecular formula is C16H18ClN3O2. The summed E-state index contributed by atoms with van der Waals surface area (Å²) in [6.45, 7) is 3.32. The monoisotopic (exact) mass is 319 g/mol. The number of primary amides is 1. The molecule has 6 heteroatoms. The van der Waals surface area contributed by atoms with Gasteiger partial charge in [0.2, 0.25) is 11.8 Å². The molecule has 1 aliphatic heterocycles. The average molecular weight is 320 g/mol. The lowest BCUT2D eigenvalue weighted by atomic mass is 10.2. The Labute approximate surface area is 134 Å². The Balaban J connectivity index is 1.80. The Kier molecular flexibility index (Phi) is 4.18. The zero-order valence-corrected chi connectivity index (χ0v) is 13.1. The van der Waals surface area contributed by atoms with Crippen molar-refractivity contribution in [2.45, 2.75) is 32.4 Å². The molecule has 2 N–H and O–H groups in total. The van der Waals surface area contributed by atoms with E-state index in [1.54, 1.807) is 12.1 Å². The number of rotatable bonds is 4. The summed E-state index contributed by atoms with van der Waals surface area (Å²) in [5, 5.41) is 0.675. The van der Waals surface area contributed by atoms with Crippen molar-refractivity contribution in [2.75, 3.05) is 6.54 Å². The number of aryl methyl sites for hydroxylation is 1. The lowest BCUT2D eigenvalue weighted by molar-refractivity contribution is -0.122. The van der Waals surface area contributed by atoms with Crippen LogP contribution >= 0.6 is 11.6 Å². The molecule has 2 heterocycles. The van der Waals surface area contributed by atoms with Gasteiger partial charge in [0.05, 0.1) is 11.7 Å². The summed E-state index contributed by atoms with van der Waals surface area (Å²) in [6, 6.07) is 7.16. The van der Waals surface area contributed by atoms with Crippen molar-refractivity contribution >= 4 is 17.5 Å². The van der Waals surface area contributed by atoms with Crippen molar-refractivity contribution in [1.82, 2.24) is 9.88 Å². The molecule has 22 heavy (non-hydrogen) atoms. The summed E-state index contributed by atoms with van der Waals surface area (Å²) in [7, 11) is 0. The molecule has 1 saturated heterocycles. The summed E-state index contributed by atoms with van der Waals surface area (Å²) >= 11 is 5.89. The number of nitrogens with zero attached hydrogens (tertiary/aromatic N) is 2. The fourth-order valence-corrected chi connectivity index (χ4v) is 2.95. The topological polar surface area (TPSA) is 72.4 Å². The van der Waals surface area contributed by atoms with E-state index in [4.69, 9.17) is 21.8 Å². The van der Waals surface area contributed by atoms with Crippen LogP contribution in [-0.2, 0) is 11.3 Å². The summed E-state index contributed by atoms with van der Waals surface area (Å²) in [6.07, 6.45) is 1.80. The Morgan fingerprint density at radius 3 is 2.86 bits per heavy atom. The van der Waals surface area contributed by atoms with Gasteiger partial charge in [0.15, 0.2) is 0 Å². The van der Waals surface area contributed by atoms with Crippen molar-refractivity contribution in [3.8, 4) is 11.5 Å². The van der Waals surface area contributed by atoms with Crippen molar-refractivity contribution < 1.29 is 9.21 Å². The van der Waals surface area contributed by atoms with E-state index in [0.717, 1.165) is 36.4 Å². The summed E-state index contributed by atoms with van der Waals surface area (Å²) in [4.78, 5) is 18.1. The van der Waals surface area contributed by atoms with Crippen molar-refractivity contribution in [1.29, 1.82) is 0 Å². The molecule has 1 amide bonds. The summed E-state index contributed by atoms with van der Waals surface area (Å²) in [5.41, 5.74) is 7.18. The minimum Gasteiger partial charge on any atom is -0.441 e. The molecule has 1 aromatic heterocycles. The van der Waals surface area contributed by atoms with Crippen LogP contribution in [0.5, 0.6) is 0 Å². The standard InChI is InChI=1S/C16H18ClN3O2/c1-10-13(9-20-8-2-3-14(20)15(18)21)19-16(22-10)11-4-6-12(17)7-5-11/h4-7,14H,2-3,8-9H2,1H3,(H2,18,21)/t14-/m0/s1. The summed E-state index contributed by atoms with van der Waals surface area (Å²) < 4.78 is 5.75. The van der Waals surface area contributed by atoms with Crippen molar-refractivity contribution in [3.05, 3.63) is 40.7 Å². The van der Waals surface area contributed by atoms with Crippen LogP contribution in [0.15, 0.2) is 28.7 Å². The molecule has 3 rings (SSSR count). The van der Waals surface area contributed by atoms with Crippen LogP contribution < -0.4 is 5.73 Å². The second-order valence-corrected chi connectivity index (χ2v) is 6.00. The predicted molar refractivity (Wildman–Crippen MR) is 84.3 cm³/mol. The molecular weight excluding hydrogens is 302 g/mol. The van der Waals surface area contributed by atoms with Gasteiger partial charge in [0.25, 0.3) is 0 Å². The van der Waals surface area contributed by atoms with E-state index in [9.17, 15) is 4.79 Å². The first-order chi connectivity index (χ1) is 10.5. The molecule has 0 aliphatic carbocycles. The summed E-state index contributed by atoms with van der Waals surface area (Å²) in [5.74, 6) is 1.07.